The van der Waals surface area contributed by atoms with E-state index in [2.05, 4.69) is 22.2 Å². The normalized spacial score (nSPS) is 21.6. The molecule has 1 fully saturated rings. The number of nitrogens with one attached hydrogen (secondary N) is 1. The number of nitrogens with zero attached hydrogens (tertiary/aromatic N) is 2. The molecule has 0 spiro atoms. The van der Waals surface area contributed by atoms with Gasteiger partial charge in [-0.25, -0.2) is 9.97 Å². The molecule has 1 aromatic rings. The van der Waals surface area contributed by atoms with Crippen molar-refractivity contribution in [2.45, 2.75) is 45.1 Å². The molecule has 1 aliphatic carbocycles. The van der Waals surface area contributed by atoms with Gasteiger partial charge in [-0.05, 0) is 32.1 Å². The third-order valence-electron chi connectivity index (χ3n) is 3.71. The second-order valence-electron chi connectivity index (χ2n) is 5.31. The number of anilines is 1. The van der Waals surface area contributed by atoms with Crippen molar-refractivity contribution in [3.05, 3.63) is 12.4 Å². The minimum Gasteiger partial charge on any atom is -0.478 e. The molecule has 1 aromatic heterocycles. The minimum atomic E-state index is -0.0919. The number of methoxy groups -OCH3 is 1. The number of hydrogen-bond acceptors (Lipinski definition) is 6. The maximum atomic E-state index is 11.5. The molecule has 1 aliphatic rings. The molecule has 0 bridgehead atoms. The van der Waals surface area contributed by atoms with Crippen molar-refractivity contribution in [1.29, 1.82) is 0 Å². The molecule has 1 N–H and O–H groups in total. The molecule has 0 unspecified atom stereocenters. The molecule has 6 heteroatoms. The Labute approximate surface area is 125 Å². The van der Waals surface area contributed by atoms with Crippen molar-refractivity contribution in [2.24, 2.45) is 5.92 Å². The van der Waals surface area contributed by atoms with Gasteiger partial charge < -0.3 is 14.8 Å². The Bertz CT molecular complexity index is 459. The highest BCUT2D eigenvalue weighted by Crippen LogP contribution is 2.27. The maximum absolute atomic E-state index is 11.5. The molecule has 21 heavy (non-hydrogen) atoms. The molecular formula is C15H23N3O3. The molecule has 0 atom stereocenters. The lowest BCUT2D eigenvalue weighted by atomic mass is 9.86. The number of aromatic nitrogens is 2. The van der Waals surface area contributed by atoms with E-state index in [9.17, 15) is 4.79 Å². The monoisotopic (exact) mass is 293 g/mol. The number of carbonyl (C=O) groups excluding carboxylic acids is 1. The Morgan fingerprint density at radius 2 is 2.10 bits per heavy atom. The summed E-state index contributed by atoms with van der Waals surface area (Å²) in [7, 11) is 1.45. The van der Waals surface area contributed by atoms with Gasteiger partial charge in [0, 0.05) is 12.1 Å². The van der Waals surface area contributed by atoms with Gasteiger partial charge in [-0.15, -0.1) is 0 Å². The first kappa shape index (κ1) is 15.5. The highest BCUT2D eigenvalue weighted by Gasteiger charge is 2.26. The molecule has 2 rings (SSSR count). The fourth-order valence-electron chi connectivity index (χ4n) is 2.55. The van der Waals surface area contributed by atoms with E-state index in [1.165, 1.54) is 13.4 Å². The zero-order valence-corrected chi connectivity index (χ0v) is 12.7. The fraction of sp³-hybridized carbons (Fsp3) is 0.667. The third-order valence-corrected chi connectivity index (χ3v) is 3.71. The quantitative estimate of drug-likeness (QED) is 0.812. The van der Waals surface area contributed by atoms with Crippen LogP contribution < -0.4 is 10.1 Å². The fourth-order valence-corrected chi connectivity index (χ4v) is 2.55. The molecule has 116 valence electrons. The second-order valence-corrected chi connectivity index (χ2v) is 5.31. The van der Waals surface area contributed by atoms with Crippen LogP contribution in [0.2, 0.25) is 0 Å². The van der Waals surface area contributed by atoms with Gasteiger partial charge in [0.2, 0.25) is 5.88 Å². The number of carbonyl (C=O) groups is 1. The summed E-state index contributed by atoms with van der Waals surface area (Å²) in [6.45, 7) is 2.71. The van der Waals surface area contributed by atoms with Gasteiger partial charge in [0.25, 0.3) is 0 Å². The van der Waals surface area contributed by atoms with Gasteiger partial charge in [-0.1, -0.05) is 6.92 Å². The van der Waals surface area contributed by atoms with E-state index in [0.29, 0.717) is 18.5 Å². The lowest BCUT2D eigenvalue weighted by Gasteiger charge is -2.27. The second kappa shape index (κ2) is 7.81. The van der Waals surface area contributed by atoms with E-state index < -0.39 is 0 Å². The summed E-state index contributed by atoms with van der Waals surface area (Å²) in [6, 6.07) is 2.15. The predicted molar refractivity (Wildman–Crippen MR) is 79.2 cm³/mol. The molecule has 1 heterocycles. The van der Waals surface area contributed by atoms with E-state index in [1.54, 1.807) is 0 Å². The standard InChI is InChI=1S/C15H23N3O3/c1-3-8-21-14-9-13(16-10-17-14)18-12-6-4-11(5-7-12)15(19)20-2/h9-12H,3-8H2,1-2H3,(H,16,17,18). The molecule has 0 saturated heterocycles. The Morgan fingerprint density at radius 3 is 2.76 bits per heavy atom. The van der Waals surface area contributed by atoms with Crippen LogP contribution in [-0.2, 0) is 9.53 Å². The number of hydrogen-bond donors (Lipinski definition) is 1. The maximum Gasteiger partial charge on any atom is 0.308 e. The van der Waals surface area contributed by atoms with E-state index >= 15 is 0 Å². The van der Waals surface area contributed by atoms with E-state index in [4.69, 9.17) is 9.47 Å². The van der Waals surface area contributed by atoms with Crippen molar-refractivity contribution in [3.8, 4) is 5.88 Å². The average Bonchev–Trinajstić information content (AvgIpc) is 2.53. The molecular weight excluding hydrogens is 270 g/mol. The molecule has 0 amide bonds. The summed E-state index contributed by atoms with van der Waals surface area (Å²) in [6.07, 6.45) is 6.05. The first-order chi connectivity index (χ1) is 10.2. The van der Waals surface area contributed by atoms with Crippen LogP contribution in [0.15, 0.2) is 12.4 Å². The van der Waals surface area contributed by atoms with Crippen molar-refractivity contribution in [3.63, 3.8) is 0 Å². The summed E-state index contributed by atoms with van der Waals surface area (Å²) >= 11 is 0. The van der Waals surface area contributed by atoms with Crippen molar-refractivity contribution in [1.82, 2.24) is 9.97 Å². The average molecular weight is 293 g/mol. The Balaban J connectivity index is 1.84. The Kier molecular flexibility index (Phi) is 5.78. The van der Waals surface area contributed by atoms with Crippen molar-refractivity contribution < 1.29 is 14.3 Å². The SMILES string of the molecule is CCCOc1cc(NC2CCC(C(=O)OC)CC2)ncn1. The van der Waals surface area contributed by atoms with Crippen LogP contribution in [0.4, 0.5) is 5.82 Å². The van der Waals surface area contributed by atoms with E-state index in [1.807, 2.05) is 6.07 Å². The number of esters is 1. The van der Waals surface area contributed by atoms with Crippen molar-refractivity contribution in [2.75, 3.05) is 19.0 Å². The summed E-state index contributed by atoms with van der Waals surface area (Å²) in [5, 5.41) is 3.39. The van der Waals surface area contributed by atoms with Gasteiger partial charge >= 0.3 is 5.97 Å². The number of ether oxygens (including phenoxy) is 2. The van der Waals surface area contributed by atoms with Gasteiger partial charge in [-0.3, -0.25) is 4.79 Å². The van der Waals surface area contributed by atoms with Gasteiger partial charge in [-0.2, -0.15) is 0 Å². The highest BCUT2D eigenvalue weighted by atomic mass is 16.5. The van der Waals surface area contributed by atoms with Crippen molar-refractivity contribution >= 4 is 11.8 Å². The molecule has 0 aromatic carbocycles. The number of rotatable bonds is 6. The summed E-state index contributed by atoms with van der Waals surface area (Å²) < 4.78 is 10.3. The first-order valence-electron chi connectivity index (χ1n) is 7.52. The van der Waals surface area contributed by atoms with Crippen LogP contribution in [0, 0.1) is 5.92 Å². The Hall–Kier alpha value is -1.85. The zero-order chi connectivity index (χ0) is 15.1. The Morgan fingerprint density at radius 1 is 1.33 bits per heavy atom. The molecule has 0 radical (unpaired) electrons. The van der Waals surface area contributed by atoms with Gasteiger partial charge in [0.15, 0.2) is 0 Å². The molecule has 1 saturated carbocycles. The van der Waals surface area contributed by atoms with E-state index in [0.717, 1.165) is 37.9 Å². The van der Waals surface area contributed by atoms with Crippen LogP contribution in [0.3, 0.4) is 0 Å². The van der Waals surface area contributed by atoms with Crippen LogP contribution in [0.5, 0.6) is 5.88 Å². The lowest BCUT2D eigenvalue weighted by Crippen LogP contribution is -2.30. The van der Waals surface area contributed by atoms with Gasteiger partial charge in [0.05, 0.1) is 19.6 Å². The van der Waals surface area contributed by atoms with Crippen LogP contribution in [0.25, 0.3) is 0 Å². The van der Waals surface area contributed by atoms with Crippen LogP contribution in [-0.4, -0.2) is 35.7 Å². The predicted octanol–water partition coefficient (Wildman–Crippen LogP) is 2.41. The zero-order valence-electron chi connectivity index (χ0n) is 12.7. The smallest absolute Gasteiger partial charge is 0.308 e. The highest BCUT2D eigenvalue weighted by molar-refractivity contribution is 5.72. The van der Waals surface area contributed by atoms with E-state index in [-0.39, 0.29) is 11.9 Å². The summed E-state index contributed by atoms with van der Waals surface area (Å²) in [5.41, 5.74) is 0. The largest absolute Gasteiger partial charge is 0.478 e. The summed E-state index contributed by atoms with van der Waals surface area (Å²) in [4.78, 5) is 19.8. The van der Waals surface area contributed by atoms with Crippen LogP contribution in [0.1, 0.15) is 39.0 Å². The summed E-state index contributed by atoms with van der Waals surface area (Å²) in [5.74, 6) is 1.32. The molecule has 6 nitrogen and oxygen atoms in total. The molecule has 0 aliphatic heterocycles. The lowest BCUT2D eigenvalue weighted by molar-refractivity contribution is -0.146. The third kappa shape index (κ3) is 4.58. The topological polar surface area (TPSA) is 73.3 Å². The first-order valence-corrected chi connectivity index (χ1v) is 7.52. The van der Waals surface area contributed by atoms with Gasteiger partial charge in [0.1, 0.15) is 12.1 Å². The van der Waals surface area contributed by atoms with Crippen LogP contribution >= 0.6 is 0 Å². The minimum absolute atomic E-state index is 0.0434.